The van der Waals surface area contributed by atoms with Gasteiger partial charge in [-0.15, -0.1) is 4.33 Å². The molecule has 0 spiro atoms. The highest BCUT2D eigenvalue weighted by Gasteiger charge is 2.25. The van der Waals surface area contributed by atoms with Gasteiger partial charge >= 0.3 is 0 Å². The van der Waals surface area contributed by atoms with Crippen molar-refractivity contribution in [2.75, 3.05) is 7.11 Å². The minimum atomic E-state index is -4.55. The Bertz CT molecular complexity index is 3340. The van der Waals surface area contributed by atoms with Crippen LogP contribution >= 0.6 is 12.0 Å². The minimum absolute atomic E-state index is 0. The summed E-state index contributed by atoms with van der Waals surface area (Å²) in [6.45, 7) is 14.4. The highest BCUT2D eigenvalue weighted by atomic mass is 32.2. The fraction of sp³-hybridized carbons (Fsp3) is 0.231. The molecule has 0 bridgehead atoms. The fourth-order valence-electron chi connectivity index (χ4n) is 8.25. The van der Waals surface area contributed by atoms with Gasteiger partial charge in [-0.05, 0) is 137 Å². The quantitative estimate of drug-likeness (QED) is 0.0244. The third kappa shape index (κ3) is 16.0. The first-order chi connectivity index (χ1) is 35.9. The molecule has 0 aliphatic heterocycles. The average Bonchev–Trinajstić information content (AvgIpc) is 3.43. The molecule has 0 saturated heterocycles. The normalized spacial score (nSPS) is 10.9. The summed E-state index contributed by atoms with van der Waals surface area (Å²) < 4.78 is 61.7. The molecule has 8 rings (SSSR count). The van der Waals surface area contributed by atoms with Gasteiger partial charge < -0.3 is 18.9 Å². The van der Waals surface area contributed by atoms with Crippen molar-refractivity contribution in [3.63, 3.8) is 0 Å². The van der Waals surface area contributed by atoms with Gasteiger partial charge in [-0.3, -0.25) is 14.1 Å². The van der Waals surface area contributed by atoms with Gasteiger partial charge in [0.05, 0.1) is 28.9 Å². The van der Waals surface area contributed by atoms with Gasteiger partial charge in [0.1, 0.15) is 41.1 Å². The molecular weight excluding hydrogens is 1040 g/mol. The number of rotatable bonds is 20. The van der Waals surface area contributed by atoms with E-state index in [1.165, 1.54) is 42.8 Å². The zero-order valence-corrected chi connectivity index (χ0v) is 44.5. The molecule has 0 saturated carbocycles. The second kappa shape index (κ2) is 28.9. The molecule has 418 valence electrons. The van der Waals surface area contributed by atoms with Crippen molar-refractivity contribution in [3.05, 3.63) is 238 Å². The summed E-state index contributed by atoms with van der Waals surface area (Å²) in [7, 11) is -2.89. The predicted molar refractivity (Wildman–Crippen MR) is 317 cm³/mol. The van der Waals surface area contributed by atoms with Crippen LogP contribution in [0, 0.1) is 6.92 Å². The zero-order valence-electron chi connectivity index (χ0n) is 42.8. The molecule has 0 fully saturated rings. The van der Waals surface area contributed by atoms with Crippen molar-refractivity contribution >= 4 is 33.7 Å². The van der Waals surface area contributed by atoms with Crippen LogP contribution in [0.4, 0.5) is 0 Å². The second-order valence-electron chi connectivity index (χ2n) is 18.3. The van der Waals surface area contributed by atoms with Crippen molar-refractivity contribution in [1.29, 1.82) is 0 Å². The van der Waals surface area contributed by atoms with E-state index >= 15 is 0 Å². The van der Waals surface area contributed by atoms with Crippen LogP contribution in [0.15, 0.2) is 192 Å². The first-order valence-corrected chi connectivity index (χ1v) is 26.2. The molecule has 0 amide bonds. The van der Waals surface area contributed by atoms with Crippen LogP contribution in [0.3, 0.4) is 0 Å². The van der Waals surface area contributed by atoms with Crippen LogP contribution in [-0.2, 0) is 36.9 Å². The van der Waals surface area contributed by atoms with E-state index in [0.717, 1.165) is 34.1 Å². The van der Waals surface area contributed by atoms with Crippen LogP contribution in [0.1, 0.15) is 136 Å². The van der Waals surface area contributed by atoms with Crippen LogP contribution < -0.4 is 18.9 Å². The van der Waals surface area contributed by atoms with Crippen LogP contribution in [0.25, 0.3) is 0 Å². The number of benzene rings is 8. The van der Waals surface area contributed by atoms with E-state index in [4.69, 9.17) is 24.2 Å². The molecule has 79 heavy (non-hydrogen) atoms. The van der Waals surface area contributed by atoms with Crippen LogP contribution in [0.5, 0.6) is 34.5 Å². The van der Waals surface area contributed by atoms with Gasteiger partial charge in [-0.2, -0.15) is 8.42 Å². The molecule has 0 atom stereocenters. The van der Waals surface area contributed by atoms with E-state index in [2.05, 4.69) is 61.3 Å². The lowest BCUT2D eigenvalue weighted by molar-refractivity contribution is -0.432. The average molecular weight is 1110 g/mol. The fourth-order valence-corrected chi connectivity index (χ4v) is 9.47. The zero-order chi connectivity index (χ0) is 53.9. The Morgan fingerprint density at radius 2 is 0.886 bits per heavy atom. The Labute approximate surface area is 472 Å². The van der Waals surface area contributed by atoms with Crippen molar-refractivity contribution in [2.24, 2.45) is 0 Å². The third-order valence-electron chi connectivity index (χ3n) is 12.8. The molecule has 8 aromatic rings. The van der Waals surface area contributed by atoms with Gasteiger partial charge in [0.15, 0.2) is 11.6 Å². The third-order valence-corrected chi connectivity index (χ3v) is 14.5. The Balaban J connectivity index is 0.00000270. The molecule has 12 nitrogen and oxygen atoms in total. The first-order valence-electron chi connectivity index (χ1n) is 24.0. The smallest absolute Gasteiger partial charge is 0.294 e. The molecule has 0 aliphatic rings. The SMILES string of the molecule is C.C.C.C.CC.COc1ccc(C(C)(C)c2ccc(Oc3ccc(C(=O)c4ccc(COc5ccc(C(C)(C)c6ccc(Oc7ccc(C(=O)c8ccc(C)c(S(=O)(=O)O)c8)cc7SOOO)cc6)cc5)cc4)cc3)cc2)cc1. The summed E-state index contributed by atoms with van der Waals surface area (Å²) in [5.74, 6) is 2.99. The van der Waals surface area contributed by atoms with Gasteiger partial charge in [0.25, 0.3) is 10.1 Å². The maximum absolute atomic E-state index is 13.4. The predicted octanol–water partition coefficient (Wildman–Crippen LogP) is 17.5. The minimum Gasteiger partial charge on any atom is -0.497 e. The maximum atomic E-state index is 13.4. The Kier molecular flexibility index (Phi) is 24.0. The molecular formula is C65H74O12S2. The maximum Gasteiger partial charge on any atom is 0.294 e. The number of carbonyl (C=O) groups is 2. The van der Waals surface area contributed by atoms with Crippen LogP contribution in [0.2, 0.25) is 0 Å². The van der Waals surface area contributed by atoms with Gasteiger partial charge in [-0.25, -0.2) is 5.26 Å². The highest BCUT2D eigenvalue weighted by molar-refractivity contribution is 7.94. The van der Waals surface area contributed by atoms with Gasteiger partial charge in [0, 0.05) is 33.1 Å². The number of carbonyl (C=O) groups excluding carboxylic acids is 2. The summed E-state index contributed by atoms with van der Waals surface area (Å²) in [5, 5.41) is 12.7. The molecule has 0 aliphatic carbocycles. The lowest BCUT2D eigenvalue weighted by Gasteiger charge is -2.26. The summed E-state index contributed by atoms with van der Waals surface area (Å²) in [6, 6.07) is 54.6. The van der Waals surface area contributed by atoms with E-state index in [0.29, 0.717) is 52.8 Å². The molecule has 0 heterocycles. The van der Waals surface area contributed by atoms with Crippen molar-refractivity contribution < 1.29 is 56.1 Å². The first kappa shape index (κ1) is 65.7. The summed E-state index contributed by atoms with van der Waals surface area (Å²) in [4.78, 5) is 26.7. The van der Waals surface area contributed by atoms with E-state index < -0.39 is 21.3 Å². The Hall–Kier alpha value is -7.56. The van der Waals surface area contributed by atoms with Crippen molar-refractivity contribution in [3.8, 4) is 34.5 Å². The summed E-state index contributed by atoms with van der Waals surface area (Å²) in [5.41, 5.74) is 6.28. The van der Waals surface area contributed by atoms with Gasteiger partial charge in [-0.1, -0.05) is 161 Å². The van der Waals surface area contributed by atoms with E-state index in [-0.39, 0.29) is 73.1 Å². The summed E-state index contributed by atoms with van der Waals surface area (Å²) in [6.07, 6.45) is 0. The number of ketones is 2. The van der Waals surface area contributed by atoms with E-state index in [9.17, 15) is 22.6 Å². The lowest BCUT2D eigenvalue weighted by Crippen LogP contribution is -2.18. The molecule has 2 N–H and O–H groups in total. The van der Waals surface area contributed by atoms with Crippen molar-refractivity contribution in [2.45, 2.75) is 105 Å². The highest BCUT2D eigenvalue weighted by Crippen LogP contribution is 2.39. The lowest BCUT2D eigenvalue weighted by atomic mass is 9.78. The summed E-state index contributed by atoms with van der Waals surface area (Å²) >= 11 is 0.600. The topological polar surface area (TPSA) is 164 Å². The number of ether oxygens (including phenoxy) is 4. The largest absolute Gasteiger partial charge is 0.497 e. The number of aryl methyl sites for hydroxylation is 1. The van der Waals surface area contributed by atoms with Crippen LogP contribution in [-0.4, -0.2) is 36.9 Å². The molecule has 0 radical (unpaired) electrons. The molecule has 8 aromatic carbocycles. The molecule has 0 aromatic heterocycles. The van der Waals surface area contributed by atoms with Crippen molar-refractivity contribution in [1.82, 2.24) is 0 Å². The standard InChI is InChI=1S/C59H52O12S2.C2H6.4CH4/c1-38-7-10-43(36-55(38)73(63,64)65)57(61)42-15-34-53(54(35-42)72-71-70-62)69-52-32-22-47(23-33-52)59(4,5)45-18-28-49(29-19-45)67-37-39-8-11-40(12-9-39)56(60)41-13-24-50(25-14-41)68-51-30-20-46(21-31-51)58(2,3)44-16-26-48(66-6)27-17-44;1-2;;;;/h7-36,62H,37H2,1-6H3,(H,63,64,65);1-2H3;4*1H4. The Morgan fingerprint density at radius 1 is 0.506 bits per heavy atom. The number of hydrogen-bond donors (Lipinski definition) is 2. The second-order valence-corrected chi connectivity index (χ2v) is 20.4. The van der Waals surface area contributed by atoms with E-state index in [1.54, 1.807) is 43.5 Å². The molecule has 14 heteroatoms. The Morgan fingerprint density at radius 3 is 1.34 bits per heavy atom. The molecule has 0 unspecified atom stereocenters. The number of methoxy groups -OCH3 is 1. The monoisotopic (exact) mass is 1110 g/mol. The van der Waals surface area contributed by atoms with Gasteiger partial charge in [0.2, 0.25) is 0 Å². The van der Waals surface area contributed by atoms with E-state index in [1.807, 2.05) is 98.8 Å². The number of hydrogen-bond acceptors (Lipinski definition) is 12.